The van der Waals surface area contributed by atoms with Crippen LogP contribution in [-0.4, -0.2) is 17.4 Å². The molecule has 0 radical (unpaired) electrons. The van der Waals surface area contributed by atoms with E-state index in [9.17, 15) is 14.7 Å². The fourth-order valence-electron chi connectivity index (χ4n) is 4.19. The Bertz CT molecular complexity index is 1510. The lowest BCUT2D eigenvalue weighted by atomic mass is 9.85. The molecule has 0 aliphatic carbocycles. The van der Waals surface area contributed by atoms with E-state index in [1.54, 1.807) is 72.8 Å². The highest BCUT2D eigenvalue weighted by molar-refractivity contribution is 5.91. The summed E-state index contributed by atoms with van der Waals surface area (Å²) in [5.74, 6) is 1.29. The average molecular weight is 501 g/mol. The van der Waals surface area contributed by atoms with Crippen LogP contribution in [0.3, 0.4) is 0 Å². The maximum Gasteiger partial charge on any atom is 0.343 e. The van der Waals surface area contributed by atoms with Crippen LogP contribution >= 0.6 is 0 Å². The standard InChI is InChI=1S/C33H24O5/c34-22-23-6-16-29(17-7-23)37-30-20-12-27(13-21-30)33(36)38-31-18-10-26(11-19-31)32(24-4-2-1-3-5-24)25-8-14-28(35)15-9-25/h1-22,32,35H. The molecule has 0 saturated carbocycles. The van der Waals surface area contributed by atoms with Crippen LogP contribution in [0.5, 0.6) is 23.0 Å². The molecule has 5 rings (SSSR count). The first-order valence-electron chi connectivity index (χ1n) is 12.1. The molecule has 0 aliphatic heterocycles. The Hall–Kier alpha value is -5.16. The molecule has 1 atom stereocenters. The molecular weight excluding hydrogens is 476 g/mol. The van der Waals surface area contributed by atoms with Gasteiger partial charge in [-0.1, -0.05) is 54.6 Å². The van der Waals surface area contributed by atoms with Gasteiger partial charge in [0.05, 0.1) is 5.56 Å². The highest BCUT2D eigenvalue weighted by atomic mass is 16.5. The van der Waals surface area contributed by atoms with Crippen molar-refractivity contribution in [3.05, 3.63) is 155 Å². The van der Waals surface area contributed by atoms with Crippen LogP contribution in [-0.2, 0) is 0 Å². The van der Waals surface area contributed by atoms with Gasteiger partial charge in [0.2, 0.25) is 0 Å². The quantitative estimate of drug-likeness (QED) is 0.104. The van der Waals surface area contributed by atoms with Crippen LogP contribution in [0.2, 0.25) is 0 Å². The molecule has 5 aromatic carbocycles. The third-order valence-electron chi connectivity index (χ3n) is 6.13. The van der Waals surface area contributed by atoms with Crippen LogP contribution in [0, 0.1) is 0 Å². The van der Waals surface area contributed by atoms with Crippen molar-refractivity contribution in [1.29, 1.82) is 0 Å². The number of carbonyl (C=O) groups excluding carboxylic acids is 2. The Morgan fingerprint density at radius 3 is 1.68 bits per heavy atom. The second-order valence-electron chi connectivity index (χ2n) is 8.71. The SMILES string of the molecule is O=Cc1ccc(Oc2ccc(C(=O)Oc3ccc(C(c4ccccc4)c4ccc(O)cc4)cc3)cc2)cc1. The minimum absolute atomic E-state index is 0.0382. The number of hydrogen-bond donors (Lipinski definition) is 1. The summed E-state index contributed by atoms with van der Waals surface area (Å²) in [6.45, 7) is 0. The zero-order valence-electron chi connectivity index (χ0n) is 20.4. The number of aromatic hydroxyl groups is 1. The second-order valence-corrected chi connectivity index (χ2v) is 8.71. The van der Waals surface area contributed by atoms with Gasteiger partial charge in [0.15, 0.2) is 0 Å². The first kappa shape index (κ1) is 24.5. The number of hydrogen-bond acceptors (Lipinski definition) is 5. The van der Waals surface area contributed by atoms with Crippen LogP contribution in [0.1, 0.15) is 43.3 Å². The largest absolute Gasteiger partial charge is 0.508 e. The summed E-state index contributed by atoms with van der Waals surface area (Å²) in [7, 11) is 0. The molecule has 0 aliphatic rings. The van der Waals surface area contributed by atoms with Gasteiger partial charge in [0, 0.05) is 11.5 Å². The normalized spacial score (nSPS) is 11.4. The number of phenols is 1. The summed E-state index contributed by atoms with van der Waals surface area (Å²) in [4.78, 5) is 23.5. The lowest BCUT2D eigenvalue weighted by Crippen LogP contribution is -2.08. The van der Waals surface area contributed by atoms with Gasteiger partial charge >= 0.3 is 5.97 Å². The van der Waals surface area contributed by atoms with Crippen molar-refractivity contribution < 1.29 is 24.2 Å². The van der Waals surface area contributed by atoms with E-state index in [0.29, 0.717) is 28.4 Å². The van der Waals surface area contributed by atoms with Gasteiger partial charge < -0.3 is 14.6 Å². The van der Waals surface area contributed by atoms with E-state index < -0.39 is 5.97 Å². The molecule has 1 unspecified atom stereocenters. The molecule has 5 heteroatoms. The number of aldehydes is 1. The third kappa shape index (κ3) is 5.79. The summed E-state index contributed by atoms with van der Waals surface area (Å²) in [5.41, 5.74) is 4.15. The molecule has 5 aromatic rings. The molecule has 38 heavy (non-hydrogen) atoms. The predicted octanol–water partition coefficient (Wildman–Crippen LogP) is 7.40. The van der Waals surface area contributed by atoms with Crippen molar-refractivity contribution in [2.75, 3.05) is 0 Å². The van der Waals surface area contributed by atoms with E-state index in [1.165, 1.54) is 0 Å². The number of esters is 1. The summed E-state index contributed by atoms with van der Waals surface area (Å²) >= 11 is 0. The summed E-state index contributed by atoms with van der Waals surface area (Å²) in [6.07, 6.45) is 0.773. The predicted molar refractivity (Wildman–Crippen MR) is 145 cm³/mol. The van der Waals surface area contributed by atoms with Gasteiger partial charge in [-0.05, 0) is 89.5 Å². The highest BCUT2D eigenvalue weighted by Crippen LogP contribution is 2.33. The van der Waals surface area contributed by atoms with Crippen LogP contribution in [0.15, 0.2) is 127 Å². The molecule has 0 saturated heterocycles. The van der Waals surface area contributed by atoms with Gasteiger partial charge in [0.1, 0.15) is 29.3 Å². The van der Waals surface area contributed by atoms with Gasteiger partial charge in [-0.25, -0.2) is 4.79 Å². The van der Waals surface area contributed by atoms with Crippen molar-refractivity contribution in [3.63, 3.8) is 0 Å². The molecule has 0 aromatic heterocycles. The molecule has 0 spiro atoms. The van der Waals surface area contributed by atoms with E-state index >= 15 is 0 Å². The molecule has 186 valence electrons. The molecule has 0 amide bonds. The van der Waals surface area contributed by atoms with E-state index in [1.807, 2.05) is 42.5 Å². The first-order valence-corrected chi connectivity index (χ1v) is 12.1. The van der Waals surface area contributed by atoms with Crippen molar-refractivity contribution in [1.82, 2.24) is 0 Å². The summed E-state index contributed by atoms with van der Waals surface area (Å²) in [5, 5.41) is 9.73. The van der Waals surface area contributed by atoms with Crippen LogP contribution < -0.4 is 9.47 Å². The zero-order valence-corrected chi connectivity index (χ0v) is 20.4. The van der Waals surface area contributed by atoms with Crippen molar-refractivity contribution in [2.24, 2.45) is 0 Å². The number of carbonyl (C=O) groups is 2. The van der Waals surface area contributed by atoms with Crippen molar-refractivity contribution in [3.8, 4) is 23.0 Å². The Labute approximate surface area is 220 Å². The van der Waals surface area contributed by atoms with E-state index in [0.717, 1.165) is 23.0 Å². The van der Waals surface area contributed by atoms with Crippen molar-refractivity contribution >= 4 is 12.3 Å². The first-order chi connectivity index (χ1) is 18.6. The van der Waals surface area contributed by atoms with E-state index in [4.69, 9.17) is 9.47 Å². The maximum atomic E-state index is 12.7. The number of benzene rings is 5. The minimum Gasteiger partial charge on any atom is -0.508 e. The smallest absolute Gasteiger partial charge is 0.343 e. The Kier molecular flexibility index (Phi) is 7.27. The summed E-state index contributed by atoms with van der Waals surface area (Å²) in [6, 6.07) is 38.2. The lowest BCUT2D eigenvalue weighted by Gasteiger charge is -2.19. The Morgan fingerprint density at radius 1 is 0.605 bits per heavy atom. The molecule has 1 N–H and O–H groups in total. The number of ether oxygens (including phenoxy) is 2. The third-order valence-corrected chi connectivity index (χ3v) is 6.13. The molecule has 0 bridgehead atoms. The lowest BCUT2D eigenvalue weighted by molar-refractivity contribution is 0.0734. The van der Waals surface area contributed by atoms with Gasteiger partial charge in [-0.15, -0.1) is 0 Å². The Balaban J connectivity index is 1.28. The van der Waals surface area contributed by atoms with E-state index in [2.05, 4.69) is 12.1 Å². The molecule has 0 heterocycles. The average Bonchev–Trinajstić information content (AvgIpc) is 2.96. The fraction of sp³-hybridized carbons (Fsp3) is 0.0303. The molecular formula is C33H24O5. The number of rotatable bonds is 8. The van der Waals surface area contributed by atoms with Gasteiger partial charge in [-0.2, -0.15) is 0 Å². The van der Waals surface area contributed by atoms with E-state index in [-0.39, 0.29) is 11.7 Å². The summed E-state index contributed by atoms with van der Waals surface area (Å²) < 4.78 is 11.4. The fourth-order valence-corrected chi connectivity index (χ4v) is 4.19. The number of phenolic OH excluding ortho intramolecular Hbond substituents is 1. The van der Waals surface area contributed by atoms with Gasteiger partial charge in [-0.3, -0.25) is 4.79 Å². The topological polar surface area (TPSA) is 72.8 Å². The maximum absolute atomic E-state index is 12.7. The second kappa shape index (κ2) is 11.3. The molecule has 5 nitrogen and oxygen atoms in total. The minimum atomic E-state index is -0.474. The highest BCUT2D eigenvalue weighted by Gasteiger charge is 2.17. The molecule has 0 fully saturated rings. The van der Waals surface area contributed by atoms with Crippen LogP contribution in [0.4, 0.5) is 0 Å². The van der Waals surface area contributed by atoms with Crippen LogP contribution in [0.25, 0.3) is 0 Å². The monoisotopic (exact) mass is 500 g/mol. The Morgan fingerprint density at radius 2 is 1.11 bits per heavy atom. The zero-order chi connectivity index (χ0) is 26.3. The van der Waals surface area contributed by atoms with Crippen molar-refractivity contribution in [2.45, 2.75) is 5.92 Å². The van der Waals surface area contributed by atoms with Gasteiger partial charge in [0.25, 0.3) is 0 Å².